The SMILES string of the molecule is Cc1c(C#N)cnc(C(=O)Nc2ccc3[nH]nc(-c4cn(C)nn4)c3c2)c1C. The molecule has 0 aliphatic rings. The number of aromatic nitrogens is 6. The maximum absolute atomic E-state index is 12.7. The summed E-state index contributed by atoms with van der Waals surface area (Å²) in [6.45, 7) is 3.58. The number of H-pyrrole nitrogens is 1. The number of amides is 1. The second-order valence-corrected chi connectivity index (χ2v) is 6.45. The lowest BCUT2D eigenvalue weighted by molar-refractivity contribution is 0.102. The van der Waals surface area contributed by atoms with Crippen LogP contribution in [0.1, 0.15) is 27.2 Å². The lowest BCUT2D eigenvalue weighted by Gasteiger charge is -2.10. The molecule has 28 heavy (non-hydrogen) atoms. The van der Waals surface area contributed by atoms with Crippen molar-refractivity contribution in [1.29, 1.82) is 5.26 Å². The number of benzene rings is 1. The average molecular weight is 372 g/mol. The Bertz CT molecular complexity index is 1260. The summed E-state index contributed by atoms with van der Waals surface area (Å²) >= 11 is 0. The topological polar surface area (TPSA) is 125 Å². The van der Waals surface area contributed by atoms with E-state index in [0.29, 0.717) is 28.2 Å². The molecule has 1 aromatic carbocycles. The van der Waals surface area contributed by atoms with E-state index in [2.05, 4.69) is 36.9 Å². The van der Waals surface area contributed by atoms with Gasteiger partial charge in [-0.1, -0.05) is 5.21 Å². The van der Waals surface area contributed by atoms with Crippen LogP contribution in [0.4, 0.5) is 5.69 Å². The molecule has 0 bridgehead atoms. The van der Waals surface area contributed by atoms with Gasteiger partial charge in [0.2, 0.25) is 0 Å². The van der Waals surface area contributed by atoms with Crippen LogP contribution in [0.15, 0.2) is 30.6 Å². The van der Waals surface area contributed by atoms with Crippen LogP contribution in [0.25, 0.3) is 22.3 Å². The molecule has 3 aromatic heterocycles. The van der Waals surface area contributed by atoms with E-state index in [1.54, 1.807) is 37.8 Å². The number of anilines is 1. The third-order valence-electron chi connectivity index (χ3n) is 4.65. The van der Waals surface area contributed by atoms with Crippen LogP contribution in [0.3, 0.4) is 0 Å². The number of rotatable bonds is 3. The summed E-state index contributed by atoms with van der Waals surface area (Å²) in [6.07, 6.45) is 3.19. The van der Waals surface area contributed by atoms with Gasteiger partial charge in [0, 0.05) is 24.3 Å². The predicted molar refractivity (Wildman–Crippen MR) is 102 cm³/mol. The summed E-state index contributed by atoms with van der Waals surface area (Å²) in [7, 11) is 1.78. The molecule has 0 spiro atoms. The molecule has 0 fully saturated rings. The van der Waals surface area contributed by atoms with Crippen LogP contribution in [-0.2, 0) is 7.05 Å². The number of pyridine rings is 1. The molecule has 9 nitrogen and oxygen atoms in total. The molecule has 0 unspecified atom stereocenters. The largest absolute Gasteiger partial charge is 0.321 e. The lowest BCUT2D eigenvalue weighted by atomic mass is 10.0. The standard InChI is InChI=1S/C19H16N8O/c1-10-11(2)17(21-8-12(10)7-20)19(28)22-13-4-5-15-14(6-13)18(25-23-15)16-9-27(3)26-24-16/h4-6,8-9H,1-3H3,(H,22,28)(H,23,25). The van der Waals surface area contributed by atoms with Gasteiger partial charge in [-0.05, 0) is 43.2 Å². The van der Waals surface area contributed by atoms with Crippen LogP contribution < -0.4 is 5.32 Å². The summed E-state index contributed by atoms with van der Waals surface area (Å²) in [5, 5.41) is 28.1. The van der Waals surface area contributed by atoms with E-state index < -0.39 is 0 Å². The quantitative estimate of drug-likeness (QED) is 0.569. The van der Waals surface area contributed by atoms with Gasteiger partial charge in [0.1, 0.15) is 23.2 Å². The van der Waals surface area contributed by atoms with E-state index >= 15 is 0 Å². The van der Waals surface area contributed by atoms with Crippen LogP contribution in [0, 0.1) is 25.2 Å². The Balaban J connectivity index is 1.68. The van der Waals surface area contributed by atoms with Crippen LogP contribution in [0.2, 0.25) is 0 Å². The number of hydrogen-bond donors (Lipinski definition) is 2. The molecule has 138 valence electrons. The molecule has 0 aliphatic carbocycles. The fourth-order valence-corrected chi connectivity index (χ4v) is 2.98. The smallest absolute Gasteiger partial charge is 0.274 e. The fraction of sp³-hybridized carbons (Fsp3) is 0.158. The molecule has 2 N–H and O–H groups in total. The number of carbonyl (C=O) groups is 1. The maximum Gasteiger partial charge on any atom is 0.274 e. The van der Waals surface area contributed by atoms with Gasteiger partial charge >= 0.3 is 0 Å². The third kappa shape index (κ3) is 2.87. The molecule has 0 aliphatic heterocycles. The molecule has 4 aromatic rings. The zero-order valence-electron chi connectivity index (χ0n) is 15.5. The number of nitrogens with one attached hydrogen (secondary N) is 2. The maximum atomic E-state index is 12.7. The van der Waals surface area contributed by atoms with Gasteiger partial charge in [0.05, 0.1) is 17.3 Å². The molecular weight excluding hydrogens is 356 g/mol. The highest BCUT2D eigenvalue weighted by Crippen LogP contribution is 2.27. The van der Waals surface area contributed by atoms with Gasteiger partial charge in [-0.3, -0.25) is 14.6 Å². The Morgan fingerprint density at radius 3 is 2.82 bits per heavy atom. The molecule has 0 saturated heterocycles. The van der Waals surface area contributed by atoms with Crippen molar-refractivity contribution in [2.75, 3.05) is 5.32 Å². The van der Waals surface area contributed by atoms with Gasteiger partial charge < -0.3 is 5.32 Å². The number of nitriles is 1. The minimum Gasteiger partial charge on any atom is -0.321 e. The van der Waals surface area contributed by atoms with Crippen molar-refractivity contribution in [3.05, 3.63) is 53.0 Å². The zero-order chi connectivity index (χ0) is 19.8. The Hall–Kier alpha value is -4.06. The van der Waals surface area contributed by atoms with Crippen molar-refractivity contribution < 1.29 is 4.79 Å². The normalized spacial score (nSPS) is 10.8. The monoisotopic (exact) mass is 372 g/mol. The molecular formula is C19H16N8O. The van der Waals surface area contributed by atoms with Crippen molar-refractivity contribution in [1.82, 2.24) is 30.2 Å². The van der Waals surface area contributed by atoms with E-state index in [1.807, 2.05) is 12.1 Å². The lowest BCUT2D eigenvalue weighted by Crippen LogP contribution is -2.16. The molecule has 9 heteroatoms. The molecule has 0 atom stereocenters. The van der Waals surface area contributed by atoms with Crippen molar-refractivity contribution >= 4 is 22.5 Å². The van der Waals surface area contributed by atoms with Crippen molar-refractivity contribution in [2.24, 2.45) is 7.05 Å². The zero-order valence-corrected chi connectivity index (χ0v) is 15.5. The van der Waals surface area contributed by atoms with Gasteiger partial charge in [-0.25, -0.2) is 4.98 Å². The van der Waals surface area contributed by atoms with Crippen LogP contribution in [0.5, 0.6) is 0 Å². The second-order valence-electron chi connectivity index (χ2n) is 6.45. The van der Waals surface area contributed by atoms with Crippen molar-refractivity contribution in [3.63, 3.8) is 0 Å². The highest BCUT2D eigenvalue weighted by Gasteiger charge is 2.16. The highest BCUT2D eigenvalue weighted by atomic mass is 16.1. The van der Waals surface area contributed by atoms with E-state index in [-0.39, 0.29) is 11.6 Å². The van der Waals surface area contributed by atoms with E-state index in [9.17, 15) is 4.79 Å². The van der Waals surface area contributed by atoms with E-state index in [0.717, 1.165) is 16.5 Å². The van der Waals surface area contributed by atoms with Gasteiger partial charge in [0.15, 0.2) is 0 Å². The van der Waals surface area contributed by atoms with Gasteiger partial charge in [0.25, 0.3) is 5.91 Å². The summed E-state index contributed by atoms with van der Waals surface area (Å²) in [5.41, 5.74) is 4.90. The van der Waals surface area contributed by atoms with Crippen molar-refractivity contribution in [2.45, 2.75) is 13.8 Å². The molecule has 0 saturated carbocycles. The molecule has 0 radical (unpaired) electrons. The van der Waals surface area contributed by atoms with Gasteiger partial charge in [-0.15, -0.1) is 5.10 Å². The number of aryl methyl sites for hydroxylation is 1. The van der Waals surface area contributed by atoms with E-state index in [4.69, 9.17) is 5.26 Å². The predicted octanol–water partition coefficient (Wildman–Crippen LogP) is 2.49. The summed E-state index contributed by atoms with van der Waals surface area (Å²) in [5.74, 6) is -0.339. The average Bonchev–Trinajstić information content (AvgIpc) is 3.29. The first-order valence-electron chi connectivity index (χ1n) is 8.50. The highest BCUT2D eigenvalue weighted by molar-refractivity contribution is 6.05. The van der Waals surface area contributed by atoms with E-state index in [1.165, 1.54) is 6.20 Å². The number of aromatic amines is 1. The minimum atomic E-state index is -0.339. The fourth-order valence-electron chi connectivity index (χ4n) is 2.98. The van der Waals surface area contributed by atoms with Crippen LogP contribution >= 0.6 is 0 Å². The number of nitrogens with zero attached hydrogens (tertiary/aromatic N) is 6. The summed E-state index contributed by atoms with van der Waals surface area (Å²) < 4.78 is 1.60. The Morgan fingerprint density at radius 1 is 1.29 bits per heavy atom. The molecule has 4 rings (SSSR count). The number of carbonyl (C=O) groups excluding carboxylic acids is 1. The third-order valence-corrected chi connectivity index (χ3v) is 4.65. The van der Waals surface area contributed by atoms with Crippen molar-refractivity contribution in [3.8, 4) is 17.5 Å². The number of hydrogen-bond acceptors (Lipinski definition) is 6. The first kappa shape index (κ1) is 17.4. The Kier molecular flexibility index (Phi) is 4.08. The number of fused-ring (bicyclic) bond motifs is 1. The minimum absolute atomic E-state index is 0.290. The molecule has 3 heterocycles. The Morgan fingerprint density at radius 2 is 2.11 bits per heavy atom. The molecule has 1 amide bonds. The first-order chi connectivity index (χ1) is 13.5. The summed E-state index contributed by atoms with van der Waals surface area (Å²) in [6, 6.07) is 7.52. The summed E-state index contributed by atoms with van der Waals surface area (Å²) in [4.78, 5) is 16.9. The van der Waals surface area contributed by atoms with Gasteiger partial charge in [-0.2, -0.15) is 10.4 Å². The Labute approximate surface area is 160 Å². The second kappa shape index (κ2) is 6.59. The van der Waals surface area contributed by atoms with Crippen LogP contribution in [-0.4, -0.2) is 36.1 Å². The first-order valence-corrected chi connectivity index (χ1v) is 8.50.